The van der Waals surface area contributed by atoms with Crippen LogP contribution in [0.3, 0.4) is 0 Å². The molecule has 3 nitrogen and oxygen atoms in total. The Hall–Kier alpha value is -1.40. The number of aromatic nitrogens is 1. The van der Waals surface area contributed by atoms with E-state index in [1.54, 1.807) is 6.20 Å². The summed E-state index contributed by atoms with van der Waals surface area (Å²) in [5.74, 6) is 0. The number of nitrogens with zero attached hydrogens (tertiary/aromatic N) is 2. The average Bonchev–Trinajstić information content (AvgIpc) is 2.07. The Morgan fingerprint density at radius 2 is 2.36 bits per heavy atom. The Balaban J connectivity index is 2.76. The quantitative estimate of drug-likeness (QED) is 0.633. The fourth-order valence-electron chi connectivity index (χ4n) is 0.761. The van der Waals surface area contributed by atoms with Crippen molar-refractivity contribution in [3.63, 3.8) is 0 Å². The van der Waals surface area contributed by atoms with Gasteiger partial charge in [-0.1, -0.05) is 0 Å². The monoisotopic (exact) mass is 147 g/mol. The molecule has 0 atom stereocenters. The minimum Gasteiger partial charge on any atom is -0.325 e. The maximum atomic E-state index is 6.61. The fourth-order valence-corrected chi connectivity index (χ4v) is 0.761. The molecule has 0 saturated carbocycles. The van der Waals surface area contributed by atoms with E-state index in [1.807, 2.05) is 12.1 Å². The van der Waals surface area contributed by atoms with E-state index in [0.29, 0.717) is 13.1 Å². The third-order valence-electron chi connectivity index (χ3n) is 1.36. The number of pyridine rings is 1. The fraction of sp³-hybridized carbons (Fsp3) is 0.250. The molecule has 0 bridgehead atoms. The molecule has 1 heterocycles. The van der Waals surface area contributed by atoms with Crippen LogP contribution in [0.25, 0.3) is 4.85 Å². The molecular formula is C8H9N3. The largest absolute Gasteiger partial charge is 0.325 e. The summed E-state index contributed by atoms with van der Waals surface area (Å²) in [5, 5.41) is 0. The van der Waals surface area contributed by atoms with Crippen LogP contribution in [0.4, 0.5) is 0 Å². The molecule has 1 rings (SSSR count). The van der Waals surface area contributed by atoms with E-state index in [1.165, 1.54) is 0 Å². The summed E-state index contributed by atoms with van der Waals surface area (Å²) in [6, 6.07) is 3.73. The zero-order valence-corrected chi connectivity index (χ0v) is 6.12. The van der Waals surface area contributed by atoms with E-state index in [4.69, 9.17) is 12.3 Å². The predicted octanol–water partition coefficient (Wildman–Crippen LogP) is 0.960. The summed E-state index contributed by atoms with van der Waals surface area (Å²) in [5.41, 5.74) is 7.15. The smallest absolute Gasteiger partial charge is 0.241 e. The molecule has 0 aliphatic rings. The lowest BCUT2D eigenvalue weighted by Crippen LogP contribution is -1.99. The number of hydrogen-bond acceptors (Lipinski definition) is 2. The zero-order valence-electron chi connectivity index (χ0n) is 6.12. The van der Waals surface area contributed by atoms with Crippen LogP contribution in [0.2, 0.25) is 0 Å². The highest BCUT2D eigenvalue weighted by molar-refractivity contribution is 5.14. The van der Waals surface area contributed by atoms with Gasteiger partial charge in [-0.25, -0.2) is 6.57 Å². The first-order chi connectivity index (χ1) is 5.36. The molecule has 56 valence electrons. The van der Waals surface area contributed by atoms with Crippen molar-refractivity contribution >= 4 is 0 Å². The van der Waals surface area contributed by atoms with Crippen molar-refractivity contribution in [1.29, 1.82) is 0 Å². The van der Waals surface area contributed by atoms with Gasteiger partial charge < -0.3 is 10.6 Å². The van der Waals surface area contributed by atoms with Gasteiger partial charge in [-0.05, 0) is 12.1 Å². The number of hydrogen-bond donors (Lipinski definition) is 1. The molecule has 0 amide bonds. The molecule has 1 aromatic heterocycles. The van der Waals surface area contributed by atoms with E-state index < -0.39 is 0 Å². The van der Waals surface area contributed by atoms with Gasteiger partial charge in [-0.15, -0.1) is 0 Å². The minimum absolute atomic E-state index is 0.401. The maximum Gasteiger partial charge on any atom is 0.241 e. The number of nitrogens with two attached hydrogens (primary N) is 1. The average molecular weight is 147 g/mol. The molecule has 0 radical (unpaired) electrons. The maximum absolute atomic E-state index is 6.61. The molecule has 0 spiro atoms. The standard InChI is InChI=1S/C8H9N3/c1-10-5-7-2-3-8(4-9)11-6-7/h2-3,6H,4-5,9H2. The third-order valence-corrected chi connectivity index (χ3v) is 1.36. The molecule has 2 N–H and O–H groups in total. The van der Waals surface area contributed by atoms with Gasteiger partial charge in [0.05, 0.1) is 5.69 Å². The van der Waals surface area contributed by atoms with E-state index in [0.717, 1.165) is 11.3 Å². The van der Waals surface area contributed by atoms with Crippen molar-refractivity contribution in [2.24, 2.45) is 5.73 Å². The third kappa shape index (κ3) is 2.03. The summed E-state index contributed by atoms with van der Waals surface area (Å²) in [6.07, 6.45) is 1.69. The number of rotatable bonds is 2. The van der Waals surface area contributed by atoms with Crippen LogP contribution in [0.5, 0.6) is 0 Å². The molecule has 0 fully saturated rings. The first-order valence-electron chi connectivity index (χ1n) is 3.34. The molecule has 1 aromatic rings. The minimum atomic E-state index is 0.401. The van der Waals surface area contributed by atoms with Crippen LogP contribution in [-0.2, 0) is 13.1 Å². The first-order valence-corrected chi connectivity index (χ1v) is 3.34. The van der Waals surface area contributed by atoms with Crippen molar-refractivity contribution in [1.82, 2.24) is 4.98 Å². The first kappa shape index (κ1) is 7.70. The second-order valence-electron chi connectivity index (χ2n) is 2.18. The lowest BCUT2D eigenvalue weighted by atomic mass is 10.2. The summed E-state index contributed by atoms with van der Waals surface area (Å²) in [7, 11) is 0. The topological polar surface area (TPSA) is 43.3 Å². The van der Waals surface area contributed by atoms with Crippen LogP contribution < -0.4 is 5.73 Å². The van der Waals surface area contributed by atoms with Crippen molar-refractivity contribution in [2.45, 2.75) is 13.1 Å². The lowest BCUT2D eigenvalue weighted by Gasteiger charge is -1.94. The van der Waals surface area contributed by atoms with Crippen LogP contribution in [0.1, 0.15) is 11.3 Å². The van der Waals surface area contributed by atoms with E-state index in [2.05, 4.69) is 9.83 Å². The van der Waals surface area contributed by atoms with Crippen molar-refractivity contribution in [3.8, 4) is 0 Å². The van der Waals surface area contributed by atoms with Gasteiger partial charge in [0.25, 0.3) is 0 Å². The van der Waals surface area contributed by atoms with Gasteiger partial charge in [0.2, 0.25) is 6.54 Å². The summed E-state index contributed by atoms with van der Waals surface area (Å²) in [4.78, 5) is 7.29. The van der Waals surface area contributed by atoms with E-state index in [9.17, 15) is 0 Å². The SMILES string of the molecule is [C-]#[N+]Cc1ccc(CN)nc1. The zero-order chi connectivity index (χ0) is 8.10. The molecule has 0 aliphatic carbocycles. The Morgan fingerprint density at radius 3 is 2.82 bits per heavy atom. The Labute approximate surface area is 65.7 Å². The van der Waals surface area contributed by atoms with Gasteiger partial charge in [0.1, 0.15) is 0 Å². The summed E-state index contributed by atoms with van der Waals surface area (Å²) >= 11 is 0. The predicted molar refractivity (Wildman–Crippen MR) is 42.4 cm³/mol. The van der Waals surface area contributed by atoms with Crippen molar-refractivity contribution in [2.75, 3.05) is 0 Å². The highest BCUT2D eigenvalue weighted by Gasteiger charge is 1.94. The summed E-state index contributed by atoms with van der Waals surface area (Å²) in [6.45, 7) is 7.47. The molecule has 0 aromatic carbocycles. The highest BCUT2D eigenvalue weighted by Crippen LogP contribution is 2.00. The van der Waals surface area contributed by atoms with Gasteiger partial charge in [0.15, 0.2) is 0 Å². The second-order valence-corrected chi connectivity index (χ2v) is 2.18. The van der Waals surface area contributed by atoms with E-state index in [-0.39, 0.29) is 0 Å². The van der Waals surface area contributed by atoms with Crippen molar-refractivity contribution in [3.05, 3.63) is 41.0 Å². The van der Waals surface area contributed by atoms with Crippen molar-refractivity contribution < 1.29 is 0 Å². The Kier molecular flexibility index (Phi) is 2.59. The van der Waals surface area contributed by atoms with Crippen LogP contribution in [0.15, 0.2) is 18.3 Å². The van der Waals surface area contributed by atoms with Crippen LogP contribution in [-0.4, -0.2) is 4.98 Å². The van der Waals surface area contributed by atoms with Gasteiger partial charge in [-0.3, -0.25) is 4.98 Å². The second kappa shape index (κ2) is 3.69. The Morgan fingerprint density at radius 1 is 1.55 bits per heavy atom. The van der Waals surface area contributed by atoms with Gasteiger partial charge >= 0.3 is 0 Å². The normalized spacial score (nSPS) is 9.09. The molecule has 0 aliphatic heterocycles. The van der Waals surface area contributed by atoms with Crippen LogP contribution >= 0.6 is 0 Å². The summed E-state index contributed by atoms with van der Waals surface area (Å²) < 4.78 is 0. The molecule has 0 saturated heterocycles. The lowest BCUT2D eigenvalue weighted by molar-refractivity contribution is 0.979. The van der Waals surface area contributed by atoms with Crippen LogP contribution in [0, 0.1) is 6.57 Å². The highest BCUT2D eigenvalue weighted by atomic mass is 14.7. The Bertz CT molecular complexity index is 258. The molecule has 3 heteroatoms. The van der Waals surface area contributed by atoms with Gasteiger partial charge in [0, 0.05) is 18.3 Å². The van der Waals surface area contributed by atoms with Gasteiger partial charge in [-0.2, -0.15) is 0 Å². The molecule has 11 heavy (non-hydrogen) atoms. The molecular weight excluding hydrogens is 138 g/mol. The van der Waals surface area contributed by atoms with E-state index >= 15 is 0 Å². The molecule has 0 unspecified atom stereocenters.